The average molecular weight is 588 g/mol. The molecule has 5 rings (SSSR count). The second-order valence-electron chi connectivity index (χ2n) is 10.9. The minimum atomic E-state index is -0.720. The molecular formula is C32H31ClFN5O3. The second-order valence-corrected chi connectivity index (χ2v) is 11.3. The molecule has 0 spiro atoms. The number of amides is 2. The number of aromatic nitrogens is 3. The molecule has 0 saturated carbocycles. The van der Waals surface area contributed by atoms with E-state index in [2.05, 4.69) is 4.98 Å². The molecule has 4 aromatic rings. The summed E-state index contributed by atoms with van der Waals surface area (Å²) in [6.07, 6.45) is 2.97. The van der Waals surface area contributed by atoms with Gasteiger partial charge in [0.1, 0.15) is 17.2 Å². The highest BCUT2D eigenvalue weighted by atomic mass is 35.5. The van der Waals surface area contributed by atoms with Crippen LogP contribution in [0.5, 0.6) is 0 Å². The van der Waals surface area contributed by atoms with E-state index in [9.17, 15) is 14.0 Å². The molecule has 0 unspecified atom stereocenters. The van der Waals surface area contributed by atoms with Crippen molar-refractivity contribution in [2.75, 3.05) is 18.0 Å². The molecule has 10 heteroatoms. The molecule has 0 aliphatic carbocycles. The number of ether oxygens (including phenoxy) is 1. The van der Waals surface area contributed by atoms with Gasteiger partial charge in [-0.15, -0.1) is 0 Å². The summed E-state index contributed by atoms with van der Waals surface area (Å²) in [6, 6.07) is 18.5. The van der Waals surface area contributed by atoms with E-state index in [1.165, 1.54) is 12.1 Å². The molecule has 2 aromatic heterocycles. The molecule has 8 nitrogen and oxygen atoms in total. The smallest absolute Gasteiger partial charge is 0.410 e. The predicted octanol–water partition coefficient (Wildman–Crippen LogP) is 7.02. The molecule has 0 bridgehead atoms. The SMILES string of the molecule is CCN(C(=O)c1nn(-c2ccc(Cl)cc2)c2c1CN(C(=O)OC(C)(C)C)CC2=Cc1ccc(F)cc1)c1ccccn1. The molecule has 42 heavy (non-hydrogen) atoms. The van der Waals surface area contributed by atoms with Crippen LogP contribution in [0.3, 0.4) is 0 Å². The third-order valence-corrected chi connectivity index (χ3v) is 6.87. The summed E-state index contributed by atoms with van der Waals surface area (Å²) in [4.78, 5) is 35.0. The molecule has 1 aliphatic heterocycles. The summed E-state index contributed by atoms with van der Waals surface area (Å²) in [6.45, 7) is 7.90. The van der Waals surface area contributed by atoms with Crippen LogP contribution in [-0.4, -0.2) is 50.4 Å². The van der Waals surface area contributed by atoms with Crippen molar-refractivity contribution in [1.29, 1.82) is 0 Å². The molecule has 0 N–H and O–H groups in total. The Labute approximate surface area is 249 Å². The number of rotatable bonds is 5. The summed E-state index contributed by atoms with van der Waals surface area (Å²) in [5, 5.41) is 5.39. The van der Waals surface area contributed by atoms with Crippen LogP contribution in [0.15, 0.2) is 72.9 Å². The third-order valence-electron chi connectivity index (χ3n) is 6.62. The van der Waals surface area contributed by atoms with Gasteiger partial charge in [0.25, 0.3) is 5.91 Å². The number of anilines is 1. The van der Waals surface area contributed by atoms with Crippen LogP contribution >= 0.6 is 11.6 Å². The summed E-state index contributed by atoms with van der Waals surface area (Å²) in [5.41, 5.74) is 2.82. The first kappa shape index (κ1) is 29.0. The topological polar surface area (TPSA) is 80.6 Å². The molecule has 0 atom stereocenters. The predicted molar refractivity (Wildman–Crippen MR) is 161 cm³/mol. The van der Waals surface area contributed by atoms with E-state index in [0.29, 0.717) is 39.9 Å². The maximum absolute atomic E-state index is 14.1. The first-order chi connectivity index (χ1) is 20.0. The van der Waals surface area contributed by atoms with Gasteiger partial charge in [-0.05, 0) is 93.4 Å². The Balaban J connectivity index is 1.72. The lowest BCUT2D eigenvalue weighted by atomic mass is 9.97. The molecule has 3 heterocycles. The number of halogens is 2. The molecule has 2 amide bonds. The zero-order chi connectivity index (χ0) is 30.0. The van der Waals surface area contributed by atoms with Gasteiger partial charge < -0.3 is 4.74 Å². The molecule has 0 fully saturated rings. The van der Waals surface area contributed by atoms with E-state index in [1.54, 1.807) is 77.8 Å². The van der Waals surface area contributed by atoms with Crippen LogP contribution in [0.4, 0.5) is 15.0 Å². The number of carbonyl (C=O) groups excluding carboxylic acids is 2. The second kappa shape index (κ2) is 11.8. The number of benzene rings is 2. The van der Waals surface area contributed by atoms with Gasteiger partial charge in [0.2, 0.25) is 0 Å². The maximum atomic E-state index is 14.1. The highest BCUT2D eigenvalue weighted by molar-refractivity contribution is 6.30. The molecule has 1 aliphatic rings. The number of hydrogen-bond donors (Lipinski definition) is 0. The largest absolute Gasteiger partial charge is 0.444 e. The quantitative estimate of drug-likeness (QED) is 0.251. The standard InChI is InChI=1S/C32H31ClFN5O3/c1-5-38(27-8-6-7-17-35-27)30(40)28-26-20-37(31(41)42-32(2,3)4)19-22(18-21-9-13-24(34)14-10-21)29(26)39(36-28)25-15-11-23(33)12-16-25/h6-18H,5,19-20H2,1-4H3. The van der Waals surface area contributed by atoms with E-state index in [-0.39, 0.29) is 30.5 Å². The van der Waals surface area contributed by atoms with Crippen molar-refractivity contribution >= 4 is 41.1 Å². The zero-order valence-corrected chi connectivity index (χ0v) is 24.6. The van der Waals surface area contributed by atoms with Gasteiger partial charge in [0, 0.05) is 23.3 Å². The van der Waals surface area contributed by atoms with Gasteiger partial charge in [-0.1, -0.05) is 29.8 Å². The first-order valence-corrected chi connectivity index (χ1v) is 14.0. The van der Waals surface area contributed by atoms with Crippen molar-refractivity contribution < 1.29 is 18.7 Å². The minimum Gasteiger partial charge on any atom is -0.444 e. The fourth-order valence-electron chi connectivity index (χ4n) is 4.78. The van der Waals surface area contributed by atoms with E-state index >= 15 is 0 Å². The van der Waals surface area contributed by atoms with E-state index < -0.39 is 11.7 Å². The van der Waals surface area contributed by atoms with Crippen molar-refractivity contribution in [1.82, 2.24) is 19.7 Å². The Kier molecular flexibility index (Phi) is 8.13. The van der Waals surface area contributed by atoms with E-state index in [1.807, 2.05) is 31.2 Å². The lowest BCUT2D eigenvalue weighted by Gasteiger charge is -2.32. The third kappa shape index (κ3) is 6.21. The molecular weight excluding hydrogens is 557 g/mol. The fraction of sp³-hybridized carbons (Fsp3) is 0.250. The number of pyridine rings is 1. The van der Waals surface area contributed by atoms with Crippen molar-refractivity contribution in [2.45, 2.75) is 39.8 Å². The molecule has 0 radical (unpaired) electrons. The van der Waals surface area contributed by atoms with Crippen LogP contribution in [0.1, 0.15) is 55.0 Å². The lowest BCUT2D eigenvalue weighted by molar-refractivity contribution is 0.0254. The van der Waals surface area contributed by atoms with Crippen LogP contribution in [0, 0.1) is 5.82 Å². The van der Waals surface area contributed by atoms with Crippen molar-refractivity contribution in [3.8, 4) is 5.69 Å². The highest BCUT2D eigenvalue weighted by Crippen LogP contribution is 2.35. The highest BCUT2D eigenvalue weighted by Gasteiger charge is 2.36. The Bertz CT molecular complexity index is 1630. The Hall–Kier alpha value is -4.50. The normalized spacial score (nSPS) is 14.0. The number of fused-ring (bicyclic) bond motifs is 1. The number of hydrogen-bond acceptors (Lipinski definition) is 5. The molecule has 0 saturated heterocycles. The van der Waals surface area contributed by atoms with Crippen LogP contribution in [0.25, 0.3) is 17.3 Å². The molecule has 2 aromatic carbocycles. The van der Waals surface area contributed by atoms with E-state index in [0.717, 1.165) is 5.56 Å². The van der Waals surface area contributed by atoms with E-state index in [4.69, 9.17) is 21.4 Å². The minimum absolute atomic E-state index is 0.0967. The summed E-state index contributed by atoms with van der Waals surface area (Å²) >= 11 is 6.18. The maximum Gasteiger partial charge on any atom is 0.410 e. The Morgan fingerprint density at radius 1 is 1.05 bits per heavy atom. The molecule has 216 valence electrons. The summed E-state index contributed by atoms with van der Waals surface area (Å²) in [5.74, 6) is -0.223. The zero-order valence-electron chi connectivity index (χ0n) is 23.8. The lowest BCUT2D eigenvalue weighted by Crippen LogP contribution is -2.40. The number of nitrogens with zero attached hydrogens (tertiary/aromatic N) is 5. The van der Waals surface area contributed by atoms with Crippen molar-refractivity contribution in [2.24, 2.45) is 0 Å². The van der Waals surface area contributed by atoms with Crippen LogP contribution in [0.2, 0.25) is 5.02 Å². The van der Waals surface area contributed by atoms with Crippen LogP contribution < -0.4 is 4.90 Å². The van der Waals surface area contributed by atoms with Crippen molar-refractivity contribution in [3.63, 3.8) is 0 Å². The van der Waals surface area contributed by atoms with Gasteiger partial charge in [0.15, 0.2) is 5.69 Å². The first-order valence-electron chi connectivity index (χ1n) is 13.6. The van der Waals surface area contributed by atoms with Crippen LogP contribution in [-0.2, 0) is 11.3 Å². The summed E-state index contributed by atoms with van der Waals surface area (Å²) < 4.78 is 21.1. The fourth-order valence-corrected chi connectivity index (χ4v) is 4.90. The summed E-state index contributed by atoms with van der Waals surface area (Å²) in [7, 11) is 0. The van der Waals surface area contributed by atoms with Gasteiger partial charge in [-0.2, -0.15) is 5.10 Å². The van der Waals surface area contributed by atoms with Gasteiger partial charge >= 0.3 is 6.09 Å². The van der Waals surface area contributed by atoms with Gasteiger partial charge in [-0.25, -0.2) is 18.9 Å². The monoisotopic (exact) mass is 587 g/mol. The average Bonchev–Trinajstić information content (AvgIpc) is 3.35. The Morgan fingerprint density at radius 3 is 2.38 bits per heavy atom. The van der Waals surface area contributed by atoms with Gasteiger partial charge in [-0.3, -0.25) is 14.6 Å². The number of carbonyl (C=O) groups is 2. The Morgan fingerprint density at radius 2 is 1.76 bits per heavy atom. The van der Waals surface area contributed by atoms with Crippen molar-refractivity contribution in [3.05, 3.63) is 106 Å². The van der Waals surface area contributed by atoms with Gasteiger partial charge in [0.05, 0.1) is 24.5 Å².